The molecule has 0 saturated heterocycles. The number of hydrogen-bond donors (Lipinski definition) is 0. The summed E-state index contributed by atoms with van der Waals surface area (Å²) in [6.45, 7) is 11.5. The minimum absolute atomic E-state index is 0.168. The maximum atomic E-state index is 13.2. The summed E-state index contributed by atoms with van der Waals surface area (Å²) in [7, 11) is 0. The van der Waals surface area contributed by atoms with Crippen LogP contribution in [0.1, 0.15) is 94.6 Å². The van der Waals surface area contributed by atoms with Gasteiger partial charge in [0.1, 0.15) is 22.8 Å². The molecule has 68 heavy (non-hydrogen) atoms. The highest BCUT2D eigenvalue weighted by Gasteiger charge is 2.38. The Hall–Kier alpha value is -6.21. The summed E-state index contributed by atoms with van der Waals surface area (Å²) in [6, 6.07) is 29.3. The van der Waals surface area contributed by atoms with Gasteiger partial charge >= 0.3 is 18.1 Å². The van der Waals surface area contributed by atoms with E-state index in [4.69, 9.17) is 29.0 Å². The monoisotopic (exact) mass is 949 g/mol. The average Bonchev–Trinajstić information content (AvgIpc) is 3.79. The fraction of sp³-hybridized carbons (Fsp3) is 0.382. The quantitative estimate of drug-likeness (QED) is 0.00976. The lowest BCUT2D eigenvalue weighted by Crippen LogP contribution is -2.27. The zero-order valence-corrected chi connectivity index (χ0v) is 39.5. The van der Waals surface area contributed by atoms with Gasteiger partial charge in [-0.15, -0.1) is 13.2 Å². The summed E-state index contributed by atoms with van der Waals surface area (Å²) in [5.74, 6) is 0.162. The summed E-state index contributed by atoms with van der Waals surface area (Å²) in [5.41, 5.74) is 3.10. The highest BCUT2D eigenvalue weighted by atomic mass is 32.1. The van der Waals surface area contributed by atoms with Crippen LogP contribution in [0.15, 0.2) is 134 Å². The second-order valence-corrected chi connectivity index (χ2v) is 18.1. The van der Waals surface area contributed by atoms with Gasteiger partial charge in [0, 0.05) is 18.5 Å². The van der Waals surface area contributed by atoms with Gasteiger partial charge in [0.2, 0.25) is 5.13 Å². The number of halogens is 3. The number of hydrogen-bond acceptors (Lipinski definition) is 10. The summed E-state index contributed by atoms with van der Waals surface area (Å²) < 4.78 is 63.2. The van der Waals surface area contributed by atoms with Crippen LogP contribution in [0, 0.1) is 11.8 Å². The Morgan fingerprint density at radius 3 is 2.19 bits per heavy atom. The van der Waals surface area contributed by atoms with Crippen LogP contribution in [-0.4, -0.2) is 55.7 Å². The zero-order chi connectivity index (χ0) is 48.1. The molecular formula is C55H62F3N3O6S. The molecule has 0 bridgehead atoms. The first-order valence-electron chi connectivity index (χ1n) is 23.6. The Balaban J connectivity index is 1.07. The van der Waals surface area contributed by atoms with Gasteiger partial charge in [0.15, 0.2) is 0 Å². The molecule has 1 aromatic heterocycles. The maximum absolute atomic E-state index is 13.2. The van der Waals surface area contributed by atoms with Crippen LogP contribution in [0.25, 0.3) is 21.3 Å². The first kappa shape index (κ1) is 51.2. The highest BCUT2D eigenvalue weighted by molar-refractivity contribution is 7.22. The minimum Gasteiger partial charge on any atom is -0.494 e. The molecule has 6 rings (SSSR count). The largest absolute Gasteiger partial charge is 0.494 e. The highest BCUT2D eigenvalue weighted by Crippen LogP contribution is 2.34. The molecule has 0 unspecified atom stereocenters. The number of esters is 2. The number of aryl methyl sites for hydroxylation is 1. The molecule has 1 heterocycles. The van der Waals surface area contributed by atoms with Gasteiger partial charge in [-0.3, -0.25) is 4.79 Å². The van der Waals surface area contributed by atoms with Crippen LogP contribution in [0.3, 0.4) is 0 Å². The number of rotatable bonds is 27. The van der Waals surface area contributed by atoms with E-state index in [1.54, 1.807) is 23.4 Å². The average molecular weight is 950 g/mol. The van der Waals surface area contributed by atoms with Crippen molar-refractivity contribution in [2.45, 2.75) is 96.1 Å². The number of allylic oxidation sites excluding steroid dienone is 2. The number of nitrogens with zero attached hydrogens (tertiary/aromatic N) is 3. The van der Waals surface area contributed by atoms with Crippen molar-refractivity contribution in [1.29, 1.82) is 0 Å². The Morgan fingerprint density at radius 1 is 0.779 bits per heavy atom. The zero-order valence-electron chi connectivity index (χ0n) is 38.7. The Bertz CT molecular complexity index is 2410. The predicted octanol–water partition coefficient (Wildman–Crippen LogP) is 14.1. The van der Waals surface area contributed by atoms with Gasteiger partial charge in [0.25, 0.3) is 0 Å². The molecule has 9 nitrogen and oxygen atoms in total. The van der Waals surface area contributed by atoms with E-state index in [-0.39, 0.29) is 37.4 Å². The third kappa shape index (κ3) is 16.0. The molecule has 1 aliphatic rings. The predicted molar refractivity (Wildman–Crippen MR) is 267 cm³/mol. The van der Waals surface area contributed by atoms with Crippen molar-refractivity contribution < 1.29 is 41.7 Å². The second-order valence-electron chi connectivity index (χ2n) is 17.0. The van der Waals surface area contributed by atoms with Crippen molar-refractivity contribution in [3.05, 3.63) is 140 Å². The third-order valence-corrected chi connectivity index (χ3v) is 12.9. The van der Waals surface area contributed by atoms with E-state index < -0.39 is 17.7 Å². The molecule has 0 spiro atoms. The Kier molecular flexibility index (Phi) is 19.8. The number of fused-ring (bicyclic) bond motifs is 1. The molecule has 360 valence electrons. The van der Waals surface area contributed by atoms with Crippen molar-refractivity contribution in [1.82, 2.24) is 4.98 Å². The fourth-order valence-electron chi connectivity index (χ4n) is 7.84. The van der Waals surface area contributed by atoms with Crippen LogP contribution in [-0.2, 0) is 20.7 Å². The number of ether oxygens (including phenoxy) is 4. The second kappa shape index (κ2) is 26.4. The van der Waals surface area contributed by atoms with Crippen LogP contribution in [0.4, 0.5) is 18.3 Å². The molecule has 5 aromatic rings. The topological polar surface area (TPSA) is 99.5 Å². The number of alkyl halides is 3. The summed E-state index contributed by atoms with van der Waals surface area (Å²) in [6.07, 6.45) is 13.8. The van der Waals surface area contributed by atoms with Crippen molar-refractivity contribution in [2.24, 2.45) is 16.9 Å². The number of thiazole rings is 1. The van der Waals surface area contributed by atoms with Crippen molar-refractivity contribution in [2.75, 3.05) is 31.4 Å². The molecule has 0 atom stereocenters. The van der Waals surface area contributed by atoms with E-state index in [9.17, 15) is 22.8 Å². The van der Waals surface area contributed by atoms with E-state index in [0.717, 1.165) is 72.0 Å². The maximum Gasteiger partial charge on any atom is 0.422 e. The third-order valence-electron chi connectivity index (χ3n) is 11.9. The normalized spacial score (nSPS) is 14.9. The van der Waals surface area contributed by atoms with Crippen LogP contribution in [0.2, 0.25) is 0 Å². The van der Waals surface area contributed by atoms with Crippen LogP contribution in [0.5, 0.6) is 17.2 Å². The van der Waals surface area contributed by atoms with Crippen molar-refractivity contribution in [3.63, 3.8) is 0 Å². The van der Waals surface area contributed by atoms with Gasteiger partial charge in [-0.1, -0.05) is 98.2 Å². The molecule has 1 saturated carbocycles. The van der Waals surface area contributed by atoms with Gasteiger partial charge in [-0.2, -0.15) is 18.3 Å². The Morgan fingerprint density at radius 2 is 1.47 bits per heavy atom. The summed E-state index contributed by atoms with van der Waals surface area (Å²) in [4.78, 5) is 30.0. The first-order chi connectivity index (χ1) is 33.0. The number of hydrazone groups is 1. The first-order valence-corrected chi connectivity index (χ1v) is 24.4. The summed E-state index contributed by atoms with van der Waals surface area (Å²) in [5, 5.41) is 7.07. The number of carbonyl (C=O) groups is 2. The fourth-order valence-corrected chi connectivity index (χ4v) is 8.79. The smallest absolute Gasteiger partial charge is 0.422 e. The van der Waals surface area contributed by atoms with E-state index in [1.807, 2.05) is 66.7 Å². The van der Waals surface area contributed by atoms with Crippen LogP contribution >= 0.6 is 11.3 Å². The molecule has 0 N–H and O–H groups in total. The number of para-hydroxylation sites is 1. The molecule has 0 aliphatic heterocycles. The molecule has 0 amide bonds. The summed E-state index contributed by atoms with van der Waals surface area (Å²) >= 11 is 1.42. The van der Waals surface area contributed by atoms with Gasteiger partial charge < -0.3 is 18.9 Å². The van der Waals surface area contributed by atoms with Crippen LogP contribution < -0.4 is 19.2 Å². The number of unbranched alkanes of at least 4 members (excludes halogenated alkanes) is 6. The SMILES string of the molecule is C=CCCCCCCCCOc1ccc(OC(=O)C2CCC(COc3ccc(-c4ccc(CCC=C)cc4)cc3/C=N/N(CCCOC(=O)C(=C)C(F)(F)F)c3nc4ccccc4s3)CC2)cc1. The molecule has 1 fully saturated rings. The number of benzene rings is 4. The van der Waals surface area contributed by atoms with Gasteiger partial charge in [-0.25, -0.2) is 14.8 Å². The number of aromatic nitrogens is 1. The van der Waals surface area contributed by atoms with E-state index in [2.05, 4.69) is 44.0 Å². The lowest BCUT2D eigenvalue weighted by Gasteiger charge is -2.27. The molecule has 4 aromatic carbocycles. The van der Waals surface area contributed by atoms with Crippen molar-refractivity contribution >= 4 is 44.8 Å². The molecule has 13 heteroatoms. The molecular weight excluding hydrogens is 888 g/mol. The lowest BCUT2D eigenvalue weighted by molar-refractivity contribution is -0.150. The van der Waals surface area contributed by atoms with E-state index >= 15 is 0 Å². The van der Waals surface area contributed by atoms with Gasteiger partial charge in [-0.05, 0) is 129 Å². The number of carbonyl (C=O) groups excluding carboxylic acids is 2. The Labute approximate surface area is 402 Å². The minimum atomic E-state index is -4.88. The molecule has 1 aliphatic carbocycles. The lowest BCUT2D eigenvalue weighted by atomic mass is 9.82. The molecule has 0 radical (unpaired) electrons. The van der Waals surface area contributed by atoms with Gasteiger partial charge in [0.05, 0.1) is 42.2 Å². The standard InChI is InChI=1S/C55H62F3N3O6S/c1-4-6-8-9-10-11-12-15-35-64-47-29-31-48(32-30-47)67-53(63)44-26-22-42(23-27-44)39-66-50-33-28-45(43-24-20-41(21-25-43)17-7-5-2)37-46(50)38-59-61(54-60-49-18-13-14-19-51(49)68-54)34-16-36-65-52(62)40(3)55(56,57)58/h4-5,13-14,18-21,24-25,28-33,37-38,42,44H,1-3,6-12,15-17,22-23,26-27,34-36,39H2/b59-38+. The van der Waals surface area contributed by atoms with E-state index in [1.165, 1.54) is 42.6 Å². The van der Waals surface area contributed by atoms with E-state index in [0.29, 0.717) is 48.2 Å². The number of anilines is 1. The van der Waals surface area contributed by atoms with Crippen molar-refractivity contribution in [3.8, 4) is 28.4 Å².